The molecule has 1 fully saturated rings. The monoisotopic (exact) mass is 405 g/mol. The third-order valence-electron chi connectivity index (χ3n) is 6.29. The van der Waals surface area contributed by atoms with E-state index in [1.54, 1.807) is 0 Å². The molecule has 5 heteroatoms. The summed E-state index contributed by atoms with van der Waals surface area (Å²) in [5.41, 5.74) is 3.97. The summed E-state index contributed by atoms with van der Waals surface area (Å²) in [7, 11) is 0. The zero-order valence-electron chi connectivity index (χ0n) is 17.8. The summed E-state index contributed by atoms with van der Waals surface area (Å²) < 4.78 is 0. The number of carbonyl (C=O) groups excluding carboxylic acids is 2. The van der Waals surface area contributed by atoms with E-state index in [1.807, 2.05) is 52.3 Å². The van der Waals surface area contributed by atoms with Crippen molar-refractivity contribution in [2.45, 2.75) is 57.9 Å². The molecule has 4 rings (SSSR count). The van der Waals surface area contributed by atoms with Gasteiger partial charge < -0.3 is 10.2 Å². The average molecular weight is 406 g/mol. The van der Waals surface area contributed by atoms with Crippen LogP contribution >= 0.6 is 0 Å². The van der Waals surface area contributed by atoms with Gasteiger partial charge in [-0.05, 0) is 74.8 Å². The zero-order chi connectivity index (χ0) is 20.9. The van der Waals surface area contributed by atoms with E-state index in [0.717, 1.165) is 62.1 Å². The molecule has 0 saturated carbocycles. The van der Waals surface area contributed by atoms with Crippen LogP contribution in [-0.2, 0) is 17.6 Å². The summed E-state index contributed by atoms with van der Waals surface area (Å²) in [6, 6.07) is 16.1. The van der Waals surface area contributed by atoms with Crippen molar-refractivity contribution in [3.8, 4) is 0 Å². The Kier molecular flexibility index (Phi) is 6.36. The number of hydrogen-bond donors (Lipinski definition) is 1. The smallest absolute Gasteiger partial charge is 0.326 e. The Labute approximate surface area is 179 Å². The first-order valence-electron chi connectivity index (χ1n) is 11.2. The molecule has 0 unspecified atom stereocenters. The second-order valence-corrected chi connectivity index (χ2v) is 8.47. The van der Waals surface area contributed by atoms with Gasteiger partial charge in [0.1, 0.15) is 0 Å². The number of para-hydroxylation sites is 1. The van der Waals surface area contributed by atoms with Gasteiger partial charge in [0.25, 0.3) is 0 Å². The molecule has 0 aromatic heterocycles. The molecular weight excluding hydrogens is 374 g/mol. The molecular formula is C25H31N3O2. The van der Waals surface area contributed by atoms with E-state index in [0.29, 0.717) is 12.5 Å². The average Bonchev–Trinajstić information content (AvgIpc) is 2.98. The number of urea groups is 1. The van der Waals surface area contributed by atoms with Crippen LogP contribution in [0.25, 0.3) is 0 Å². The van der Waals surface area contributed by atoms with Gasteiger partial charge in [0, 0.05) is 30.5 Å². The largest absolute Gasteiger partial charge is 0.340 e. The number of anilines is 2. The van der Waals surface area contributed by atoms with Gasteiger partial charge in [0.05, 0.1) is 6.42 Å². The first kappa shape index (κ1) is 20.5. The normalized spacial score (nSPS) is 19.0. The maximum Gasteiger partial charge on any atom is 0.326 e. The number of nitrogens with one attached hydrogen (secondary N) is 1. The lowest BCUT2D eigenvalue weighted by Gasteiger charge is -2.33. The minimum atomic E-state index is -0.102. The van der Waals surface area contributed by atoms with Crippen LogP contribution in [-0.4, -0.2) is 36.0 Å². The molecule has 2 aromatic carbocycles. The standard InChI is InChI=1S/C25H31N3O2/c1-19-8-4-6-16-27(19)24(29)18-20-12-14-22(15-13-20)26-25(30)28-17-7-5-10-21-9-2-3-11-23(21)28/h2-3,9,11-15,19H,4-8,10,16-18H2,1H3,(H,26,30)/t19-/m1/s1. The first-order chi connectivity index (χ1) is 14.6. The van der Waals surface area contributed by atoms with E-state index in [1.165, 1.54) is 12.0 Å². The van der Waals surface area contributed by atoms with E-state index in [2.05, 4.69) is 18.3 Å². The predicted molar refractivity (Wildman–Crippen MR) is 121 cm³/mol. The summed E-state index contributed by atoms with van der Waals surface area (Å²) in [5, 5.41) is 3.02. The highest BCUT2D eigenvalue weighted by Gasteiger charge is 2.23. The topological polar surface area (TPSA) is 52.7 Å². The quantitative estimate of drug-likeness (QED) is 0.781. The second kappa shape index (κ2) is 9.33. The van der Waals surface area contributed by atoms with Gasteiger partial charge in [-0.1, -0.05) is 30.3 Å². The van der Waals surface area contributed by atoms with Crippen LogP contribution in [0.4, 0.5) is 16.2 Å². The number of benzene rings is 2. The van der Waals surface area contributed by atoms with E-state index in [-0.39, 0.29) is 11.9 Å². The summed E-state index contributed by atoms with van der Waals surface area (Å²) in [6.07, 6.45) is 6.92. The van der Waals surface area contributed by atoms with Crippen molar-refractivity contribution in [3.05, 3.63) is 59.7 Å². The number of fused-ring (bicyclic) bond motifs is 1. The van der Waals surface area contributed by atoms with E-state index >= 15 is 0 Å². The number of carbonyl (C=O) groups is 2. The van der Waals surface area contributed by atoms with Gasteiger partial charge in [-0.3, -0.25) is 9.69 Å². The zero-order valence-corrected chi connectivity index (χ0v) is 17.8. The molecule has 2 heterocycles. The maximum absolute atomic E-state index is 12.9. The highest BCUT2D eigenvalue weighted by Crippen LogP contribution is 2.27. The molecule has 2 aliphatic heterocycles. The van der Waals surface area contributed by atoms with Crippen molar-refractivity contribution < 1.29 is 9.59 Å². The molecule has 0 bridgehead atoms. The van der Waals surface area contributed by atoms with Crippen molar-refractivity contribution in [1.29, 1.82) is 0 Å². The van der Waals surface area contributed by atoms with E-state index < -0.39 is 0 Å². The fourth-order valence-electron chi connectivity index (χ4n) is 4.54. The molecule has 30 heavy (non-hydrogen) atoms. The number of amides is 3. The van der Waals surface area contributed by atoms with Gasteiger partial charge in [-0.2, -0.15) is 0 Å². The summed E-state index contributed by atoms with van der Waals surface area (Å²) >= 11 is 0. The Morgan fingerprint density at radius 2 is 1.73 bits per heavy atom. The fourth-order valence-corrected chi connectivity index (χ4v) is 4.54. The van der Waals surface area contributed by atoms with Crippen LogP contribution in [0.5, 0.6) is 0 Å². The highest BCUT2D eigenvalue weighted by atomic mass is 16.2. The number of likely N-dealkylation sites (tertiary alicyclic amines) is 1. The predicted octanol–water partition coefficient (Wildman–Crippen LogP) is 5.00. The van der Waals surface area contributed by atoms with Crippen molar-refractivity contribution in [2.75, 3.05) is 23.3 Å². The molecule has 5 nitrogen and oxygen atoms in total. The van der Waals surface area contributed by atoms with Crippen LogP contribution < -0.4 is 10.2 Å². The number of hydrogen-bond acceptors (Lipinski definition) is 2. The van der Waals surface area contributed by atoms with Gasteiger partial charge in [-0.25, -0.2) is 4.79 Å². The van der Waals surface area contributed by atoms with Crippen molar-refractivity contribution in [2.24, 2.45) is 0 Å². The van der Waals surface area contributed by atoms with Gasteiger partial charge >= 0.3 is 6.03 Å². The first-order valence-corrected chi connectivity index (χ1v) is 11.2. The van der Waals surface area contributed by atoms with Crippen LogP contribution in [0.3, 0.4) is 0 Å². The Morgan fingerprint density at radius 3 is 2.53 bits per heavy atom. The molecule has 0 spiro atoms. The maximum atomic E-state index is 12.9. The molecule has 3 amide bonds. The summed E-state index contributed by atoms with van der Waals surface area (Å²) in [5.74, 6) is 0.195. The number of piperidine rings is 1. The van der Waals surface area contributed by atoms with Crippen LogP contribution in [0, 0.1) is 0 Å². The summed E-state index contributed by atoms with van der Waals surface area (Å²) in [6.45, 7) is 3.73. The fraction of sp³-hybridized carbons (Fsp3) is 0.440. The van der Waals surface area contributed by atoms with E-state index in [9.17, 15) is 9.59 Å². The van der Waals surface area contributed by atoms with Crippen molar-refractivity contribution >= 4 is 23.3 Å². The number of aryl methyl sites for hydroxylation is 1. The lowest BCUT2D eigenvalue weighted by Crippen LogP contribution is -2.42. The lowest BCUT2D eigenvalue weighted by atomic mass is 10.0. The SMILES string of the molecule is C[C@@H]1CCCCN1C(=O)Cc1ccc(NC(=O)N2CCCCc3ccccc32)cc1. The Hall–Kier alpha value is -2.82. The molecule has 2 aliphatic rings. The third-order valence-corrected chi connectivity index (χ3v) is 6.29. The molecule has 0 aliphatic carbocycles. The van der Waals surface area contributed by atoms with Gasteiger partial charge in [0.2, 0.25) is 5.91 Å². The van der Waals surface area contributed by atoms with E-state index in [4.69, 9.17) is 0 Å². The van der Waals surface area contributed by atoms with Crippen LogP contribution in [0.2, 0.25) is 0 Å². The Bertz CT molecular complexity index is 894. The molecule has 2 aromatic rings. The minimum Gasteiger partial charge on any atom is -0.340 e. The molecule has 158 valence electrons. The van der Waals surface area contributed by atoms with Crippen molar-refractivity contribution in [3.63, 3.8) is 0 Å². The summed E-state index contributed by atoms with van der Waals surface area (Å²) in [4.78, 5) is 29.4. The van der Waals surface area contributed by atoms with Gasteiger partial charge in [-0.15, -0.1) is 0 Å². The molecule has 1 saturated heterocycles. The highest BCUT2D eigenvalue weighted by molar-refractivity contribution is 6.02. The second-order valence-electron chi connectivity index (χ2n) is 8.47. The number of rotatable bonds is 3. The van der Waals surface area contributed by atoms with Crippen LogP contribution in [0.1, 0.15) is 50.2 Å². The minimum absolute atomic E-state index is 0.102. The Morgan fingerprint density at radius 1 is 0.967 bits per heavy atom. The molecule has 0 radical (unpaired) electrons. The third kappa shape index (κ3) is 4.66. The molecule has 1 atom stereocenters. The van der Waals surface area contributed by atoms with Gasteiger partial charge in [0.15, 0.2) is 0 Å². The lowest BCUT2D eigenvalue weighted by molar-refractivity contribution is -0.133. The number of nitrogens with zero attached hydrogens (tertiary/aromatic N) is 2. The van der Waals surface area contributed by atoms with Crippen LogP contribution in [0.15, 0.2) is 48.5 Å². The Balaban J connectivity index is 1.39. The molecule has 1 N–H and O–H groups in total. The van der Waals surface area contributed by atoms with Crippen molar-refractivity contribution in [1.82, 2.24) is 4.90 Å².